The standard InChI is InChI=1S/C33H33F3N8O2/c1-20-5-3-6-21-14-38-15-25(28(20)21)30-29(36)31-26(16-39-30)32(41-33(40-31)46-19-24-13-22(35)17-42(24)2)43-11-12-44(23(18-43)8-10-37)27(45)7-4-9-34/h3-7,14-16,22-24H,8-9,11-13,17-19H2,1-2H3/b7-4+/t22-,23+,24+/m1/s1. The molecule has 0 radical (unpaired) electrons. The van der Waals surface area contributed by atoms with Crippen LogP contribution in [0.2, 0.25) is 0 Å². The van der Waals surface area contributed by atoms with Gasteiger partial charge < -0.3 is 14.5 Å². The molecule has 2 aliphatic heterocycles. The first-order valence-corrected chi connectivity index (χ1v) is 15.1. The first-order valence-electron chi connectivity index (χ1n) is 15.1. The van der Waals surface area contributed by atoms with Gasteiger partial charge in [0.05, 0.1) is 23.9 Å². The second kappa shape index (κ2) is 13.3. The summed E-state index contributed by atoms with van der Waals surface area (Å²) in [6, 6.07) is 7.07. The highest BCUT2D eigenvalue weighted by Crippen LogP contribution is 2.36. The zero-order valence-electron chi connectivity index (χ0n) is 25.5. The van der Waals surface area contributed by atoms with Crippen molar-refractivity contribution < 1.29 is 22.7 Å². The van der Waals surface area contributed by atoms with Gasteiger partial charge in [0.2, 0.25) is 5.91 Å². The smallest absolute Gasteiger partial charge is 0.319 e. The first-order chi connectivity index (χ1) is 22.3. The SMILES string of the molecule is Cc1cccc2cncc(-c3ncc4c(N5CCN(C(=O)/C=C/CF)[C@@H](CC#N)C5)nc(OC[C@@H]5C[C@@H](F)CN5C)nc4c3F)c12. The molecule has 3 aromatic heterocycles. The predicted molar refractivity (Wildman–Crippen MR) is 167 cm³/mol. The third kappa shape index (κ3) is 6.04. The minimum Gasteiger partial charge on any atom is -0.462 e. The van der Waals surface area contributed by atoms with E-state index < -0.39 is 30.6 Å². The average molecular weight is 631 g/mol. The number of alkyl halides is 2. The molecule has 46 heavy (non-hydrogen) atoms. The van der Waals surface area contributed by atoms with E-state index in [-0.39, 0.29) is 49.4 Å². The van der Waals surface area contributed by atoms with Crippen LogP contribution < -0.4 is 9.64 Å². The van der Waals surface area contributed by atoms with Crippen LogP contribution in [0, 0.1) is 24.1 Å². The van der Waals surface area contributed by atoms with Crippen LogP contribution >= 0.6 is 0 Å². The Bertz CT molecular complexity index is 1840. The number of ether oxygens (including phenoxy) is 1. The van der Waals surface area contributed by atoms with Gasteiger partial charge in [0, 0.05) is 67.8 Å². The third-order valence-corrected chi connectivity index (χ3v) is 8.67. The maximum atomic E-state index is 16.6. The number of aryl methyl sites for hydroxylation is 1. The van der Waals surface area contributed by atoms with Crippen molar-refractivity contribution in [2.24, 2.45) is 0 Å². The van der Waals surface area contributed by atoms with E-state index in [9.17, 15) is 18.8 Å². The normalized spacial score (nSPS) is 20.6. The summed E-state index contributed by atoms with van der Waals surface area (Å²) in [6.45, 7) is 2.30. The molecule has 6 rings (SSSR count). The second-order valence-corrected chi connectivity index (χ2v) is 11.7. The molecule has 0 saturated carbocycles. The van der Waals surface area contributed by atoms with Crippen LogP contribution in [-0.4, -0.2) is 100 Å². The quantitative estimate of drug-likeness (QED) is 0.259. The van der Waals surface area contributed by atoms with Crippen molar-refractivity contribution in [2.45, 2.75) is 38.0 Å². The first kappa shape index (κ1) is 31.2. The van der Waals surface area contributed by atoms with Crippen molar-refractivity contribution in [3.8, 4) is 23.3 Å². The van der Waals surface area contributed by atoms with E-state index >= 15 is 4.39 Å². The van der Waals surface area contributed by atoms with E-state index in [0.29, 0.717) is 36.3 Å². The zero-order valence-corrected chi connectivity index (χ0v) is 25.5. The van der Waals surface area contributed by atoms with Gasteiger partial charge in [-0.15, -0.1) is 0 Å². The molecule has 238 valence electrons. The number of halogens is 3. The number of carbonyl (C=O) groups is 1. The highest BCUT2D eigenvalue weighted by molar-refractivity contribution is 6.00. The van der Waals surface area contributed by atoms with E-state index in [1.54, 1.807) is 12.4 Å². The summed E-state index contributed by atoms with van der Waals surface area (Å²) in [4.78, 5) is 36.0. The number of aromatic nitrogens is 4. The number of benzene rings is 1. The molecule has 1 aromatic carbocycles. The number of rotatable bonds is 8. The Hall–Kier alpha value is -4.83. The van der Waals surface area contributed by atoms with Gasteiger partial charge in [-0.1, -0.05) is 18.2 Å². The number of fused-ring (bicyclic) bond motifs is 2. The van der Waals surface area contributed by atoms with E-state index in [1.165, 1.54) is 17.2 Å². The molecule has 0 spiro atoms. The number of pyridine rings is 2. The Kier molecular flexibility index (Phi) is 8.99. The van der Waals surface area contributed by atoms with Gasteiger partial charge in [-0.2, -0.15) is 15.2 Å². The van der Waals surface area contributed by atoms with Gasteiger partial charge >= 0.3 is 6.01 Å². The summed E-state index contributed by atoms with van der Waals surface area (Å²) in [5.41, 5.74) is 1.51. The van der Waals surface area contributed by atoms with Crippen molar-refractivity contribution in [1.82, 2.24) is 29.7 Å². The summed E-state index contributed by atoms with van der Waals surface area (Å²) in [7, 11) is 1.82. The van der Waals surface area contributed by atoms with Crippen molar-refractivity contribution in [1.29, 1.82) is 5.26 Å². The summed E-state index contributed by atoms with van der Waals surface area (Å²) in [5.74, 6) is -0.732. The Morgan fingerprint density at radius 3 is 2.78 bits per heavy atom. The van der Waals surface area contributed by atoms with Crippen LogP contribution in [0.4, 0.5) is 19.0 Å². The zero-order chi connectivity index (χ0) is 32.4. The third-order valence-electron chi connectivity index (χ3n) is 8.67. The summed E-state index contributed by atoms with van der Waals surface area (Å²) in [6.07, 6.45) is 6.47. The number of piperazine rings is 1. The number of amides is 1. The van der Waals surface area contributed by atoms with Crippen LogP contribution in [0.3, 0.4) is 0 Å². The Morgan fingerprint density at radius 2 is 2.02 bits per heavy atom. The fraction of sp³-hybridized carbons (Fsp3) is 0.394. The molecule has 0 bridgehead atoms. The lowest BCUT2D eigenvalue weighted by molar-refractivity contribution is -0.128. The van der Waals surface area contributed by atoms with Gasteiger partial charge in [0.15, 0.2) is 5.82 Å². The number of anilines is 1. The Labute approximate surface area is 264 Å². The molecular formula is C33H33F3N8O2. The number of hydrogen-bond acceptors (Lipinski definition) is 9. The van der Waals surface area contributed by atoms with Crippen molar-refractivity contribution in [3.05, 3.63) is 60.3 Å². The van der Waals surface area contributed by atoms with Gasteiger partial charge in [0.25, 0.3) is 0 Å². The van der Waals surface area contributed by atoms with Crippen LogP contribution in [-0.2, 0) is 4.79 Å². The largest absolute Gasteiger partial charge is 0.462 e. The topological polar surface area (TPSA) is 111 Å². The Morgan fingerprint density at radius 1 is 1.17 bits per heavy atom. The lowest BCUT2D eigenvalue weighted by Gasteiger charge is -2.41. The van der Waals surface area contributed by atoms with Gasteiger partial charge in [-0.3, -0.25) is 19.7 Å². The number of likely N-dealkylation sites (tertiary alicyclic amines) is 1. The number of hydrogen-bond donors (Lipinski definition) is 0. The molecule has 2 saturated heterocycles. The van der Waals surface area contributed by atoms with Gasteiger partial charge in [0.1, 0.15) is 36.5 Å². The van der Waals surface area contributed by atoms with Crippen LogP contribution in [0.25, 0.3) is 32.9 Å². The Balaban J connectivity index is 1.43. The summed E-state index contributed by atoms with van der Waals surface area (Å²) >= 11 is 0. The van der Waals surface area contributed by atoms with Crippen molar-refractivity contribution >= 4 is 33.4 Å². The van der Waals surface area contributed by atoms with E-state index in [0.717, 1.165) is 22.4 Å². The molecule has 0 aliphatic carbocycles. The fourth-order valence-electron chi connectivity index (χ4n) is 6.35. The number of nitriles is 1. The molecule has 4 aromatic rings. The van der Waals surface area contributed by atoms with Crippen LogP contribution in [0.5, 0.6) is 6.01 Å². The molecule has 1 amide bonds. The molecule has 2 aliphatic rings. The monoisotopic (exact) mass is 630 g/mol. The van der Waals surface area contributed by atoms with Gasteiger partial charge in [-0.05, 0) is 37.4 Å². The van der Waals surface area contributed by atoms with E-state index in [4.69, 9.17) is 4.74 Å². The minimum atomic E-state index is -0.966. The molecular weight excluding hydrogens is 597 g/mol. The summed E-state index contributed by atoms with van der Waals surface area (Å²) < 4.78 is 49.4. The molecule has 13 heteroatoms. The number of allylic oxidation sites excluding steroid dienone is 1. The molecule has 0 N–H and O–H groups in total. The lowest BCUT2D eigenvalue weighted by Crippen LogP contribution is -2.55. The molecule has 0 unspecified atom stereocenters. The van der Waals surface area contributed by atoms with Gasteiger partial charge in [-0.25, -0.2) is 13.2 Å². The molecule has 10 nitrogen and oxygen atoms in total. The number of carbonyl (C=O) groups excluding carboxylic acids is 1. The molecule has 5 heterocycles. The maximum Gasteiger partial charge on any atom is 0.319 e. The molecule has 2 fully saturated rings. The number of likely N-dealkylation sites (N-methyl/N-ethyl adjacent to an activating group) is 1. The second-order valence-electron chi connectivity index (χ2n) is 11.7. The van der Waals surface area contributed by atoms with Crippen LogP contribution in [0.15, 0.2) is 48.9 Å². The van der Waals surface area contributed by atoms with Crippen molar-refractivity contribution in [3.63, 3.8) is 0 Å². The highest BCUT2D eigenvalue weighted by atomic mass is 19.1. The fourth-order valence-corrected chi connectivity index (χ4v) is 6.35. The van der Waals surface area contributed by atoms with Crippen LogP contribution in [0.1, 0.15) is 18.4 Å². The van der Waals surface area contributed by atoms with Crippen molar-refractivity contribution in [2.75, 3.05) is 51.4 Å². The van der Waals surface area contributed by atoms with E-state index in [2.05, 4.69) is 26.0 Å². The van der Waals surface area contributed by atoms with E-state index in [1.807, 2.05) is 42.0 Å². The summed E-state index contributed by atoms with van der Waals surface area (Å²) in [5, 5.41) is 11.5. The number of nitrogens with zero attached hydrogens (tertiary/aromatic N) is 8. The molecule has 3 atom stereocenters. The minimum absolute atomic E-state index is 0.0139. The lowest BCUT2D eigenvalue weighted by atomic mass is 10.00. The highest BCUT2D eigenvalue weighted by Gasteiger charge is 2.33. The predicted octanol–water partition coefficient (Wildman–Crippen LogP) is 4.57. The maximum absolute atomic E-state index is 16.6. The average Bonchev–Trinajstić information content (AvgIpc) is 3.38.